The molecular formula is C31H36N6O. The molecular weight excluding hydrogens is 472 g/mol. The van der Waals surface area contributed by atoms with Crippen molar-refractivity contribution in [2.45, 2.75) is 76.9 Å². The second-order valence-electron chi connectivity index (χ2n) is 10.7. The third kappa shape index (κ3) is 6.39. The highest BCUT2D eigenvalue weighted by atomic mass is 16.5. The van der Waals surface area contributed by atoms with Gasteiger partial charge in [0.25, 0.3) is 0 Å². The predicted octanol–water partition coefficient (Wildman–Crippen LogP) is 7.30. The molecule has 2 aliphatic rings. The van der Waals surface area contributed by atoms with Crippen molar-refractivity contribution in [3.63, 3.8) is 0 Å². The average molecular weight is 509 g/mol. The molecule has 6 rings (SSSR count). The molecule has 0 bridgehead atoms. The third-order valence-corrected chi connectivity index (χ3v) is 7.70. The molecule has 0 unspecified atom stereocenters. The summed E-state index contributed by atoms with van der Waals surface area (Å²) in [6.07, 6.45) is 13.6. The van der Waals surface area contributed by atoms with Crippen LogP contribution in [-0.4, -0.2) is 25.2 Å². The summed E-state index contributed by atoms with van der Waals surface area (Å²) in [5.41, 5.74) is 5.33. The summed E-state index contributed by atoms with van der Waals surface area (Å²) < 4.78 is 6.04. The molecule has 2 aliphatic carbocycles. The zero-order valence-corrected chi connectivity index (χ0v) is 21.9. The molecule has 0 spiro atoms. The van der Waals surface area contributed by atoms with E-state index in [4.69, 9.17) is 4.74 Å². The Bertz CT molecular complexity index is 1330. The topological polar surface area (TPSA) is 77.8 Å². The number of anilines is 2. The number of rotatable bonds is 11. The van der Waals surface area contributed by atoms with Gasteiger partial charge in [-0.3, -0.25) is 4.98 Å². The van der Waals surface area contributed by atoms with E-state index < -0.39 is 0 Å². The molecule has 2 saturated carbocycles. The van der Waals surface area contributed by atoms with E-state index >= 15 is 0 Å². The minimum atomic E-state index is 0.466. The standard InChI is InChI=1S/C31H36N6O/c1-2-8-23(9-3-1)10-7-19-37-35-31(34-36-37)25-11-6-13-26(20-25)33-30-17-16-28(21-29(30)24-14-15-24)38-22-27-12-4-5-18-32-27/h4-6,11-13,16-18,20-21,23-24,33H,1-3,7-10,14-15,19,22H2. The number of pyridine rings is 1. The summed E-state index contributed by atoms with van der Waals surface area (Å²) >= 11 is 0. The Balaban J connectivity index is 1.09. The molecule has 0 atom stereocenters. The van der Waals surface area contributed by atoms with E-state index in [9.17, 15) is 0 Å². The Morgan fingerprint density at radius 3 is 2.68 bits per heavy atom. The number of hydrogen-bond acceptors (Lipinski definition) is 6. The first kappa shape index (κ1) is 24.6. The number of ether oxygens (including phenoxy) is 1. The molecule has 0 radical (unpaired) electrons. The molecule has 1 N–H and O–H groups in total. The maximum Gasteiger partial charge on any atom is 0.204 e. The lowest BCUT2D eigenvalue weighted by atomic mass is 9.86. The molecule has 7 heteroatoms. The number of hydrogen-bond donors (Lipinski definition) is 1. The number of aromatic nitrogens is 5. The van der Waals surface area contributed by atoms with Crippen molar-refractivity contribution in [2.24, 2.45) is 5.92 Å². The highest BCUT2D eigenvalue weighted by Crippen LogP contribution is 2.45. The first-order valence-corrected chi connectivity index (χ1v) is 14.1. The van der Waals surface area contributed by atoms with Crippen LogP contribution in [0.5, 0.6) is 5.75 Å². The van der Waals surface area contributed by atoms with Gasteiger partial charge in [-0.25, -0.2) is 0 Å². The van der Waals surface area contributed by atoms with Crippen LogP contribution in [0.15, 0.2) is 66.9 Å². The van der Waals surface area contributed by atoms with Crippen LogP contribution in [0, 0.1) is 5.92 Å². The zero-order valence-electron chi connectivity index (χ0n) is 21.9. The Kier molecular flexibility index (Phi) is 7.61. The lowest BCUT2D eigenvalue weighted by Crippen LogP contribution is -2.09. The van der Waals surface area contributed by atoms with Crippen molar-refractivity contribution in [2.75, 3.05) is 5.32 Å². The summed E-state index contributed by atoms with van der Waals surface area (Å²) in [5, 5.41) is 17.0. The molecule has 196 valence electrons. The van der Waals surface area contributed by atoms with Crippen LogP contribution in [0.4, 0.5) is 11.4 Å². The van der Waals surface area contributed by atoms with Crippen LogP contribution >= 0.6 is 0 Å². The Morgan fingerprint density at radius 2 is 1.84 bits per heavy atom. The largest absolute Gasteiger partial charge is 0.487 e. The number of nitrogens with one attached hydrogen (secondary N) is 1. The molecule has 2 fully saturated rings. The van der Waals surface area contributed by atoms with E-state index in [2.05, 4.69) is 50.0 Å². The zero-order chi connectivity index (χ0) is 25.6. The second-order valence-corrected chi connectivity index (χ2v) is 10.7. The van der Waals surface area contributed by atoms with Gasteiger partial charge in [0.1, 0.15) is 12.4 Å². The normalized spacial score (nSPS) is 15.9. The van der Waals surface area contributed by atoms with Crippen molar-refractivity contribution in [3.05, 3.63) is 78.1 Å². The van der Waals surface area contributed by atoms with E-state index in [-0.39, 0.29) is 0 Å². The molecule has 38 heavy (non-hydrogen) atoms. The predicted molar refractivity (Wildman–Crippen MR) is 149 cm³/mol. The summed E-state index contributed by atoms with van der Waals surface area (Å²) in [6.45, 7) is 1.30. The Labute approximate surface area is 224 Å². The van der Waals surface area contributed by atoms with Crippen molar-refractivity contribution in [1.82, 2.24) is 25.2 Å². The average Bonchev–Trinajstić information content (AvgIpc) is 3.71. The van der Waals surface area contributed by atoms with Gasteiger partial charge in [0.15, 0.2) is 0 Å². The number of tetrazole rings is 1. The smallest absolute Gasteiger partial charge is 0.204 e. The maximum absolute atomic E-state index is 6.04. The quantitative estimate of drug-likeness (QED) is 0.229. The van der Waals surface area contributed by atoms with Crippen molar-refractivity contribution >= 4 is 11.4 Å². The lowest BCUT2D eigenvalue weighted by Gasteiger charge is -2.20. The van der Waals surface area contributed by atoms with Gasteiger partial charge in [0.2, 0.25) is 5.82 Å². The molecule has 2 aromatic carbocycles. The van der Waals surface area contributed by atoms with E-state index in [1.165, 1.54) is 56.9 Å². The minimum Gasteiger partial charge on any atom is -0.487 e. The van der Waals surface area contributed by atoms with Gasteiger partial charge in [0, 0.05) is 23.1 Å². The van der Waals surface area contributed by atoms with E-state index in [0.29, 0.717) is 18.3 Å². The number of benzene rings is 2. The fourth-order valence-electron chi connectivity index (χ4n) is 5.46. The monoisotopic (exact) mass is 508 g/mol. The molecule has 0 saturated heterocycles. The van der Waals surface area contributed by atoms with Gasteiger partial charge in [0.05, 0.1) is 12.2 Å². The van der Waals surface area contributed by atoms with Crippen LogP contribution < -0.4 is 10.1 Å². The van der Waals surface area contributed by atoms with Crippen LogP contribution in [-0.2, 0) is 13.2 Å². The van der Waals surface area contributed by atoms with Crippen molar-refractivity contribution < 1.29 is 4.74 Å². The Hall–Kier alpha value is -3.74. The highest BCUT2D eigenvalue weighted by molar-refractivity contribution is 5.70. The SMILES string of the molecule is c1ccc(COc2ccc(Nc3cccc(-c4nnn(CCCC5CCCCC5)n4)c3)c(C3CC3)c2)nc1. The molecule has 2 aromatic heterocycles. The third-order valence-electron chi connectivity index (χ3n) is 7.70. The van der Waals surface area contributed by atoms with Crippen LogP contribution in [0.25, 0.3) is 11.4 Å². The molecule has 0 aliphatic heterocycles. The van der Waals surface area contributed by atoms with Crippen LogP contribution in [0.1, 0.15) is 75.0 Å². The highest BCUT2D eigenvalue weighted by Gasteiger charge is 2.27. The molecule has 2 heterocycles. The van der Waals surface area contributed by atoms with Gasteiger partial charge in [-0.1, -0.05) is 50.3 Å². The summed E-state index contributed by atoms with van der Waals surface area (Å²) in [7, 11) is 0. The van der Waals surface area contributed by atoms with E-state index in [1.807, 2.05) is 36.4 Å². The van der Waals surface area contributed by atoms with Gasteiger partial charge in [-0.15, -0.1) is 10.2 Å². The summed E-state index contributed by atoms with van der Waals surface area (Å²) in [5.74, 6) is 3.01. The summed E-state index contributed by atoms with van der Waals surface area (Å²) in [6, 6.07) is 20.5. The minimum absolute atomic E-state index is 0.466. The fraction of sp³-hybridized carbons (Fsp3) is 0.419. The number of nitrogens with zero attached hydrogens (tertiary/aromatic N) is 5. The maximum atomic E-state index is 6.04. The molecule has 4 aromatic rings. The van der Waals surface area contributed by atoms with E-state index in [1.54, 1.807) is 11.0 Å². The van der Waals surface area contributed by atoms with Gasteiger partial charge in [-0.05, 0) is 90.8 Å². The first-order chi connectivity index (χ1) is 18.8. The van der Waals surface area contributed by atoms with Crippen molar-refractivity contribution in [3.8, 4) is 17.1 Å². The molecule has 0 amide bonds. The lowest BCUT2D eigenvalue weighted by molar-refractivity contribution is 0.301. The van der Waals surface area contributed by atoms with Crippen LogP contribution in [0.3, 0.4) is 0 Å². The van der Waals surface area contributed by atoms with Crippen molar-refractivity contribution in [1.29, 1.82) is 0 Å². The van der Waals surface area contributed by atoms with Gasteiger partial charge >= 0.3 is 0 Å². The summed E-state index contributed by atoms with van der Waals surface area (Å²) in [4.78, 5) is 6.11. The van der Waals surface area contributed by atoms with E-state index in [0.717, 1.165) is 47.3 Å². The molecule has 7 nitrogen and oxygen atoms in total. The first-order valence-electron chi connectivity index (χ1n) is 14.1. The van der Waals surface area contributed by atoms with Gasteiger partial charge < -0.3 is 10.1 Å². The number of aryl methyl sites for hydroxylation is 1. The second kappa shape index (κ2) is 11.8. The van der Waals surface area contributed by atoms with Crippen LogP contribution in [0.2, 0.25) is 0 Å². The Morgan fingerprint density at radius 1 is 0.921 bits per heavy atom. The van der Waals surface area contributed by atoms with Gasteiger partial charge in [-0.2, -0.15) is 4.80 Å². The fourth-order valence-corrected chi connectivity index (χ4v) is 5.46.